The molecule has 0 saturated carbocycles. The van der Waals surface area contributed by atoms with Crippen LogP contribution in [0.3, 0.4) is 0 Å². The molecule has 1 aromatic rings. The number of nitrogens with zero attached hydrogens (tertiary/aromatic N) is 2. The van der Waals surface area contributed by atoms with Gasteiger partial charge in [-0.1, -0.05) is 6.92 Å². The van der Waals surface area contributed by atoms with Gasteiger partial charge in [-0.05, 0) is 26.3 Å². The molecule has 94 valence electrons. The summed E-state index contributed by atoms with van der Waals surface area (Å²) in [5, 5.41) is 3.58. The lowest BCUT2D eigenvalue weighted by atomic mass is 9.91. The molecule has 0 aromatic carbocycles. The molecule has 1 aromatic heterocycles. The largest absolute Gasteiger partial charge is 0.378 e. The smallest absolute Gasteiger partial charge is 0.0759 e. The summed E-state index contributed by atoms with van der Waals surface area (Å²) in [4.78, 5) is 8.60. The maximum atomic E-state index is 5.66. The molecule has 1 aliphatic rings. The zero-order valence-electron chi connectivity index (χ0n) is 10.6. The van der Waals surface area contributed by atoms with Gasteiger partial charge in [0.15, 0.2) is 0 Å². The summed E-state index contributed by atoms with van der Waals surface area (Å²) in [6.45, 7) is 6.19. The van der Waals surface area contributed by atoms with Gasteiger partial charge in [-0.25, -0.2) is 0 Å². The van der Waals surface area contributed by atoms with E-state index in [9.17, 15) is 0 Å². The van der Waals surface area contributed by atoms with Crippen molar-refractivity contribution in [2.75, 3.05) is 13.2 Å². The van der Waals surface area contributed by atoms with Crippen molar-refractivity contribution in [3.05, 3.63) is 24.3 Å². The third kappa shape index (κ3) is 3.01. The summed E-state index contributed by atoms with van der Waals surface area (Å²) in [6.07, 6.45) is 7.85. The Kier molecular flexibility index (Phi) is 4.45. The molecular weight excluding hydrogens is 214 g/mol. The fourth-order valence-electron chi connectivity index (χ4n) is 2.43. The van der Waals surface area contributed by atoms with E-state index in [1.54, 1.807) is 12.4 Å². The zero-order chi connectivity index (χ0) is 12.1. The summed E-state index contributed by atoms with van der Waals surface area (Å²) in [7, 11) is 0. The van der Waals surface area contributed by atoms with E-state index in [0.717, 1.165) is 31.7 Å². The number of hydrogen-bond acceptors (Lipinski definition) is 4. The highest BCUT2D eigenvalue weighted by atomic mass is 16.5. The molecule has 0 spiro atoms. The molecule has 0 aliphatic carbocycles. The molecule has 17 heavy (non-hydrogen) atoms. The first-order valence-electron chi connectivity index (χ1n) is 6.43. The highest BCUT2D eigenvalue weighted by Gasteiger charge is 2.33. The molecule has 1 N–H and O–H groups in total. The molecule has 4 heteroatoms. The average Bonchev–Trinajstić information content (AvgIpc) is 2.78. The van der Waals surface area contributed by atoms with Crippen molar-refractivity contribution >= 4 is 0 Å². The van der Waals surface area contributed by atoms with Crippen LogP contribution >= 0.6 is 0 Å². The minimum Gasteiger partial charge on any atom is -0.378 e. The van der Waals surface area contributed by atoms with Crippen LogP contribution in [-0.2, 0) is 4.74 Å². The second-order valence-corrected chi connectivity index (χ2v) is 4.59. The molecule has 1 fully saturated rings. The monoisotopic (exact) mass is 235 g/mol. The summed E-state index contributed by atoms with van der Waals surface area (Å²) >= 11 is 0. The Bertz CT molecular complexity index is 331. The third-order valence-electron chi connectivity index (χ3n) is 3.38. The van der Waals surface area contributed by atoms with Crippen molar-refractivity contribution in [3.63, 3.8) is 0 Å². The molecule has 0 radical (unpaired) electrons. The van der Waals surface area contributed by atoms with Crippen molar-refractivity contribution in [3.8, 4) is 0 Å². The van der Waals surface area contributed by atoms with Crippen LogP contribution in [0.25, 0.3) is 0 Å². The molecule has 2 heterocycles. The normalized spacial score (nSPS) is 26.0. The van der Waals surface area contributed by atoms with Crippen molar-refractivity contribution in [1.82, 2.24) is 15.3 Å². The minimum absolute atomic E-state index is 0.265. The van der Waals surface area contributed by atoms with Crippen LogP contribution in [0.15, 0.2) is 18.6 Å². The first-order valence-corrected chi connectivity index (χ1v) is 6.43. The Morgan fingerprint density at radius 2 is 2.41 bits per heavy atom. The van der Waals surface area contributed by atoms with Gasteiger partial charge in [0.2, 0.25) is 0 Å². The fraction of sp³-hybridized carbons (Fsp3) is 0.692. The van der Waals surface area contributed by atoms with Crippen LogP contribution in [0.5, 0.6) is 0 Å². The molecule has 2 rings (SSSR count). The summed E-state index contributed by atoms with van der Waals surface area (Å²) in [5.74, 6) is 0.498. The quantitative estimate of drug-likeness (QED) is 0.847. The maximum absolute atomic E-state index is 5.66. The van der Waals surface area contributed by atoms with Gasteiger partial charge in [-0.15, -0.1) is 0 Å². The predicted octanol–water partition coefficient (Wildman–Crippen LogP) is 1.94. The van der Waals surface area contributed by atoms with Gasteiger partial charge in [0.25, 0.3) is 0 Å². The minimum atomic E-state index is 0.265. The lowest BCUT2D eigenvalue weighted by molar-refractivity contribution is 0.0948. The van der Waals surface area contributed by atoms with Crippen LogP contribution in [-0.4, -0.2) is 29.2 Å². The maximum Gasteiger partial charge on any atom is 0.0759 e. The van der Waals surface area contributed by atoms with Gasteiger partial charge in [0, 0.05) is 31.1 Å². The Morgan fingerprint density at radius 3 is 3.00 bits per heavy atom. The summed E-state index contributed by atoms with van der Waals surface area (Å²) in [6, 6.07) is 0.265. The average molecular weight is 235 g/mol. The van der Waals surface area contributed by atoms with Crippen LogP contribution in [0.2, 0.25) is 0 Å². The highest BCUT2D eigenvalue weighted by molar-refractivity contribution is 5.06. The fourth-order valence-corrected chi connectivity index (χ4v) is 2.43. The van der Waals surface area contributed by atoms with Crippen molar-refractivity contribution in [2.45, 2.75) is 38.8 Å². The van der Waals surface area contributed by atoms with E-state index in [1.807, 2.05) is 6.20 Å². The standard InChI is InChI=1S/C13H21N3O/c1-3-5-16-13(11-4-8-17-10(11)2)12-9-14-6-7-15-12/h6-7,9-11,13,16H,3-5,8H2,1-2H3. The van der Waals surface area contributed by atoms with E-state index in [4.69, 9.17) is 4.74 Å². The second kappa shape index (κ2) is 6.07. The van der Waals surface area contributed by atoms with Crippen LogP contribution in [0.1, 0.15) is 38.4 Å². The first kappa shape index (κ1) is 12.5. The van der Waals surface area contributed by atoms with Gasteiger partial charge in [0.05, 0.1) is 17.8 Å². The molecular formula is C13H21N3O. The van der Waals surface area contributed by atoms with E-state index in [1.165, 1.54) is 0 Å². The van der Waals surface area contributed by atoms with Gasteiger partial charge < -0.3 is 10.1 Å². The molecule has 3 unspecified atom stereocenters. The third-order valence-corrected chi connectivity index (χ3v) is 3.38. The number of nitrogens with one attached hydrogen (secondary N) is 1. The molecule has 0 bridgehead atoms. The number of ether oxygens (including phenoxy) is 1. The molecule has 3 atom stereocenters. The zero-order valence-corrected chi connectivity index (χ0v) is 10.6. The van der Waals surface area contributed by atoms with E-state index < -0.39 is 0 Å². The number of aromatic nitrogens is 2. The number of hydrogen-bond donors (Lipinski definition) is 1. The van der Waals surface area contributed by atoms with E-state index in [2.05, 4.69) is 29.1 Å². The Morgan fingerprint density at radius 1 is 1.53 bits per heavy atom. The SMILES string of the molecule is CCCNC(c1cnccn1)C1CCOC1C. The Hall–Kier alpha value is -1.00. The Balaban J connectivity index is 2.13. The summed E-state index contributed by atoms with van der Waals surface area (Å²) in [5.41, 5.74) is 1.03. The van der Waals surface area contributed by atoms with Crippen LogP contribution < -0.4 is 5.32 Å². The topological polar surface area (TPSA) is 47.0 Å². The van der Waals surface area contributed by atoms with Gasteiger partial charge in [-0.3, -0.25) is 9.97 Å². The van der Waals surface area contributed by atoms with Crippen molar-refractivity contribution in [2.24, 2.45) is 5.92 Å². The van der Waals surface area contributed by atoms with Crippen LogP contribution in [0, 0.1) is 5.92 Å². The van der Waals surface area contributed by atoms with E-state index in [-0.39, 0.29) is 6.04 Å². The van der Waals surface area contributed by atoms with E-state index >= 15 is 0 Å². The lowest BCUT2D eigenvalue weighted by Gasteiger charge is -2.26. The van der Waals surface area contributed by atoms with Gasteiger partial charge >= 0.3 is 0 Å². The van der Waals surface area contributed by atoms with Crippen molar-refractivity contribution in [1.29, 1.82) is 0 Å². The molecule has 1 aliphatic heterocycles. The second-order valence-electron chi connectivity index (χ2n) is 4.59. The molecule has 0 amide bonds. The van der Waals surface area contributed by atoms with Crippen LogP contribution in [0.4, 0.5) is 0 Å². The van der Waals surface area contributed by atoms with E-state index in [0.29, 0.717) is 12.0 Å². The lowest BCUT2D eigenvalue weighted by Crippen LogP contribution is -2.33. The van der Waals surface area contributed by atoms with Crippen molar-refractivity contribution < 1.29 is 4.74 Å². The Labute approximate surface area is 103 Å². The summed E-state index contributed by atoms with van der Waals surface area (Å²) < 4.78 is 5.66. The van der Waals surface area contributed by atoms with Gasteiger partial charge in [0.1, 0.15) is 0 Å². The predicted molar refractivity (Wildman–Crippen MR) is 66.6 cm³/mol. The highest BCUT2D eigenvalue weighted by Crippen LogP contribution is 2.32. The molecule has 4 nitrogen and oxygen atoms in total. The number of rotatable bonds is 5. The first-order chi connectivity index (χ1) is 8.33. The van der Waals surface area contributed by atoms with Gasteiger partial charge in [-0.2, -0.15) is 0 Å². The molecule has 1 saturated heterocycles.